The van der Waals surface area contributed by atoms with Gasteiger partial charge in [0.25, 0.3) is 0 Å². The molecule has 3 heteroatoms. The van der Waals surface area contributed by atoms with Crippen LogP contribution in [0.5, 0.6) is 0 Å². The minimum Gasteiger partial charge on any atom is -0.341 e. The van der Waals surface area contributed by atoms with Gasteiger partial charge in [0.2, 0.25) is 0 Å². The Bertz CT molecular complexity index is 751. The average molecular weight is 247 g/mol. The van der Waals surface area contributed by atoms with E-state index in [0.29, 0.717) is 5.56 Å². The maximum atomic E-state index is 8.91. The third kappa shape index (κ3) is 2.09. The molecule has 0 radical (unpaired) electrons. The normalized spacial score (nSPS) is 12.2. The van der Waals surface area contributed by atoms with E-state index in [1.54, 1.807) is 6.07 Å². The van der Waals surface area contributed by atoms with E-state index in [0.717, 1.165) is 16.9 Å². The van der Waals surface area contributed by atoms with Gasteiger partial charge in [-0.25, -0.2) is 4.98 Å². The van der Waals surface area contributed by atoms with Crippen molar-refractivity contribution in [2.24, 2.45) is 0 Å². The number of rotatable bonds is 2. The second-order valence-corrected chi connectivity index (χ2v) is 4.60. The van der Waals surface area contributed by atoms with Crippen molar-refractivity contribution in [3.8, 4) is 6.07 Å². The van der Waals surface area contributed by atoms with Gasteiger partial charge in [-0.3, -0.25) is 0 Å². The molecule has 1 atom stereocenters. The second-order valence-electron chi connectivity index (χ2n) is 4.60. The van der Waals surface area contributed by atoms with Crippen LogP contribution in [0.3, 0.4) is 0 Å². The van der Waals surface area contributed by atoms with E-state index in [1.165, 1.54) is 5.56 Å². The van der Waals surface area contributed by atoms with Crippen molar-refractivity contribution < 1.29 is 0 Å². The fraction of sp³-hybridized carbons (Fsp3) is 0.125. The van der Waals surface area contributed by atoms with Gasteiger partial charge in [0.1, 0.15) is 5.82 Å². The van der Waals surface area contributed by atoms with Crippen LogP contribution in [0.25, 0.3) is 11.0 Å². The Labute approximate surface area is 111 Å². The molecule has 0 bridgehead atoms. The van der Waals surface area contributed by atoms with Crippen molar-refractivity contribution >= 4 is 11.0 Å². The zero-order valence-corrected chi connectivity index (χ0v) is 10.6. The summed E-state index contributed by atoms with van der Waals surface area (Å²) in [6.45, 7) is 2.12. The fourth-order valence-electron chi connectivity index (χ4n) is 2.20. The largest absolute Gasteiger partial charge is 0.341 e. The smallest absolute Gasteiger partial charge is 0.114 e. The molecule has 0 fully saturated rings. The molecule has 0 amide bonds. The predicted octanol–water partition coefficient (Wildman–Crippen LogP) is 3.59. The Hall–Kier alpha value is -2.60. The standard InChI is InChI=1S/C16H13N3/c1-11(13-5-3-2-4-6-13)16-18-14-8-7-12(10-17)9-15(14)19-16/h2-9,11H,1H3,(H,18,19). The number of nitriles is 1. The molecule has 1 aromatic heterocycles. The van der Waals surface area contributed by atoms with Gasteiger partial charge < -0.3 is 4.98 Å². The lowest BCUT2D eigenvalue weighted by molar-refractivity contribution is 0.845. The van der Waals surface area contributed by atoms with Crippen molar-refractivity contribution in [2.45, 2.75) is 12.8 Å². The summed E-state index contributed by atoms with van der Waals surface area (Å²) in [7, 11) is 0. The van der Waals surface area contributed by atoms with Crippen molar-refractivity contribution in [3.63, 3.8) is 0 Å². The van der Waals surface area contributed by atoms with Crippen LogP contribution < -0.4 is 0 Å². The van der Waals surface area contributed by atoms with Gasteiger partial charge in [0.15, 0.2) is 0 Å². The number of hydrogen-bond donors (Lipinski definition) is 1. The fourth-order valence-corrected chi connectivity index (χ4v) is 2.20. The highest BCUT2D eigenvalue weighted by Crippen LogP contribution is 2.24. The minimum absolute atomic E-state index is 0.208. The molecule has 2 aromatic carbocycles. The topological polar surface area (TPSA) is 52.5 Å². The number of nitrogens with zero attached hydrogens (tertiary/aromatic N) is 2. The molecular weight excluding hydrogens is 234 g/mol. The molecule has 3 nitrogen and oxygen atoms in total. The van der Waals surface area contributed by atoms with E-state index in [2.05, 4.69) is 35.1 Å². The van der Waals surface area contributed by atoms with E-state index >= 15 is 0 Å². The highest BCUT2D eigenvalue weighted by atomic mass is 14.9. The molecule has 0 aliphatic heterocycles. The number of aromatic amines is 1. The predicted molar refractivity (Wildman–Crippen MR) is 74.8 cm³/mol. The van der Waals surface area contributed by atoms with E-state index < -0.39 is 0 Å². The number of fused-ring (bicyclic) bond motifs is 1. The van der Waals surface area contributed by atoms with Crippen LogP contribution in [0.4, 0.5) is 0 Å². The Morgan fingerprint density at radius 2 is 1.95 bits per heavy atom. The summed E-state index contributed by atoms with van der Waals surface area (Å²) in [5.74, 6) is 1.13. The summed E-state index contributed by atoms with van der Waals surface area (Å²) < 4.78 is 0. The van der Waals surface area contributed by atoms with Crippen LogP contribution in [0.2, 0.25) is 0 Å². The molecule has 0 saturated heterocycles. The van der Waals surface area contributed by atoms with Gasteiger partial charge >= 0.3 is 0 Å². The third-order valence-electron chi connectivity index (χ3n) is 3.34. The maximum Gasteiger partial charge on any atom is 0.114 e. The SMILES string of the molecule is CC(c1ccccc1)c1nc2ccc(C#N)cc2[nH]1. The van der Waals surface area contributed by atoms with Crippen molar-refractivity contribution in [1.82, 2.24) is 9.97 Å². The second kappa shape index (κ2) is 4.58. The van der Waals surface area contributed by atoms with Crippen molar-refractivity contribution in [1.29, 1.82) is 5.26 Å². The number of hydrogen-bond acceptors (Lipinski definition) is 2. The van der Waals surface area contributed by atoms with Gasteiger partial charge in [0.05, 0.1) is 22.7 Å². The summed E-state index contributed by atoms with van der Waals surface area (Å²) in [5.41, 5.74) is 3.69. The van der Waals surface area contributed by atoms with E-state index in [9.17, 15) is 0 Å². The molecule has 0 spiro atoms. The summed E-state index contributed by atoms with van der Waals surface area (Å²) >= 11 is 0. The van der Waals surface area contributed by atoms with Crippen LogP contribution in [0.15, 0.2) is 48.5 Å². The number of benzene rings is 2. The van der Waals surface area contributed by atoms with Crippen LogP contribution in [0.1, 0.15) is 29.8 Å². The Morgan fingerprint density at radius 1 is 1.16 bits per heavy atom. The zero-order valence-electron chi connectivity index (χ0n) is 10.6. The maximum absolute atomic E-state index is 8.91. The highest BCUT2D eigenvalue weighted by Gasteiger charge is 2.12. The average Bonchev–Trinajstić information content (AvgIpc) is 2.90. The van der Waals surface area contributed by atoms with E-state index in [4.69, 9.17) is 5.26 Å². The van der Waals surface area contributed by atoms with Crippen molar-refractivity contribution in [3.05, 3.63) is 65.5 Å². The summed E-state index contributed by atoms with van der Waals surface area (Å²) in [6, 6.07) is 17.9. The van der Waals surface area contributed by atoms with Crippen molar-refractivity contribution in [2.75, 3.05) is 0 Å². The number of H-pyrrole nitrogens is 1. The summed E-state index contributed by atoms with van der Waals surface area (Å²) in [5, 5.41) is 8.91. The Kier molecular flexibility index (Phi) is 2.77. The monoisotopic (exact) mass is 247 g/mol. The van der Waals surface area contributed by atoms with Crippen LogP contribution in [-0.4, -0.2) is 9.97 Å². The molecule has 1 unspecified atom stereocenters. The highest BCUT2D eigenvalue weighted by molar-refractivity contribution is 5.77. The molecule has 0 aliphatic rings. The molecule has 1 heterocycles. The molecular formula is C16H13N3. The minimum atomic E-state index is 0.208. The van der Waals surface area contributed by atoms with Gasteiger partial charge in [0, 0.05) is 5.92 Å². The lowest BCUT2D eigenvalue weighted by Crippen LogP contribution is -1.97. The first-order valence-corrected chi connectivity index (χ1v) is 6.22. The molecule has 92 valence electrons. The first-order chi connectivity index (χ1) is 9.28. The molecule has 0 aliphatic carbocycles. The number of aromatic nitrogens is 2. The summed E-state index contributed by atoms with van der Waals surface area (Å²) in [4.78, 5) is 7.91. The Morgan fingerprint density at radius 3 is 2.68 bits per heavy atom. The molecule has 3 aromatic rings. The molecule has 19 heavy (non-hydrogen) atoms. The lowest BCUT2D eigenvalue weighted by atomic mass is 10.0. The molecule has 1 N–H and O–H groups in total. The van der Waals surface area contributed by atoms with Crippen LogP contribution >= 0.6 is 0 Å². The van der Waals surface area contributed by atoms with Gasteiger partial charge in [-0.1, -0.05) is 37.3 Å². The van der Waals surface area contributed by atoms with E-state index in [-0.39, 0.29) is 5.92 Å². The third-order valence-corrected chi connectivity index (χ3v) is 3.34. The molecule has 3 rings (SSSR count). The van der Waals surface area contributed by atoms with Crippen LogP contribution in [-0.2, 0) is 0 Å². The zero-order chi connectivity index (χ0) is 13.2. The van der Waals surface area contributed by atoms with Gasteiger partial charge in [-0.2, -0.15) is 5.26 Å². The quantitative estimate of drug-likeness (QED) is 0.752. The first-order valence-electron chi connectivity index (χ1n) is 6.22. The summed E-state index contributed by atoms with van der Waals surface area (Å²) in [6.07, 6.45) is 0. The molecule has 0 saturated carbocycles. The number of imidazole rings is 1. The van der Waals surface area contributed by atoms with Crippen LogP contribution in [0, 0.1) is 11.3 Å². The van der Waals surface area contributed by atoms with Gasteiger partial charge in [-0.15, -0.1) is 0 Å². The number of nitrogens with one attached hydrogen (secondary N) is 1. The first kappa shape index (κ1) is 11.5. The lowest BCUT2D eigenvalue weighted by Gasteiger charge is -2.07. The Balaban J connectivity index is 2.04. The van der Waals surface area contributed by atoms with E-state index in [1.807, 2.05) is 30.3 Å². The van der Waals surface area contributed by atoms with Gasteiger partial charge in [-0.05, 0) is 23.8 Å².